The van der Waals surface area contributed by atoms with Crippen LogP contribution in [0.2, 0.25) is 0 Å². The number of ether oxygens (including phenoxy) is 2. The van der Waals surface area contributed by atoms with Crippen molar-refractivity contribution in [3.05, 3.63) is 66.4 Å². The summed E-state index contributed by atoms with van der Waals surface area (Å²) in [5, 5.41) is 0. The SMILES string of the molecule is COc1ccc(OC2=CC(=O)N(c3ccccc3)C2=O)cc1. The fraction of sp³-hybridized carbons (Fsp3) is 0.0588. The fourth-order valence-corrected chi connectivity index (χ4v) is 2.11. The molecule has 0 unspecified atom stereocenters. The van der Waals surface area contributed by atoms with Crippen molar-refractivity contribution in [1.29, 1.82) is 0 Å². The number of hydrogen-bond donors (Lipinski definition) is 0. The largest absolute Gasteiger partial charge is 0.497 e. The molecule has 3 rings (SSSR count). The molecule has 5 nitrogen and oxygen atoms in total. The minimum absolute atomic E-state index is 0.000908. The van der Waals surface area contributed by atoms with Gasteiger partial charge in [-0.1, -0.05) is 18.2 Å². The lowest BCUT2D eigenvalue weighted by molar-refractivity contribution is -0.121. The van der Waals surface area contributed by atoms with E-state index >= 15 is 0 Å². The van der Waals surface area contributed by atoms with Gasteiger partial charge in [0.25, 0.3) is 5.91 Å². The van der Waals surface area contributed by atoms with Gasteiger partial charge in [-0.05, 0) is 36.4 Å². The minimum Gasteiger partial charge on any atom is -0.497 e. The van der Waals surface area contributed by atoms with Crippen molar-refractivity contribution in [1.82, 2.24) is 0 Å². The fourth-order valence-electron chi connectivity index (χ4n) is 2.11. The summed E-state index contributed by atoms with van der Waals surface area (Å²) < 4.78 is 10.6. The Balaban J connectivity index is 1.79. The molecule has 1 heterocycles. The van der Waals surface area contributed by atoms with Gasteiger partial charge in [0, 0.05) is 0 Å². The van der Waals surface area contributed by atoms with E-state index in [4.69, 9.17) is 9.47 Å². The number of para-hydroxylation sites is 1. The molecule has 2 amide bonds. The highest BCUT2D eigenvalue weighted by molar-refractivity contribution is 6.29. The van der Waals surface area contributed by atoms with Crippen LogP contribution < -0.4 is 14.4 Å². The highest BCUT2D eigenvalue weighted by Gasteiger charge is 2.34. The van der Waals surface area contributed by atoms with Gasteiger partial charge in [-0.15, -0.1) is 0 Å². The number of anilines is 1. The maximum absolute atomic E-state index is 12.3. The lowest BCUT2D eigenvalue weighted by Gasteiger charge is -2.14. The van der Waals surface area contributed by atoms with E-state index in [-0.39, 0.29) is 5.76 Å². The van der Waals surface area contributed by atoms with Crippen LogP contribution in [0.3, 0.4) is 0 Å². The van der Waals surface area contributed by atoms with Crippen molar-refractivity contribution >= 4 is 17.5 Å². The van der Waals surface area contributed by atoms with Crippen molar-refractivity contribution in [2.24, 2.45) is 0 Å². The number of amides is 2. The molecule has 0 bridgehead atoms. The van der Waals surface area contributed by atoms with Gasteiger partial charge in [0.05, 0.1) is 18.9 Å². The zero-order chi connectivity index (χ0) is 15.5. The van der Waals surface area contributed by atoms with E-state index in [2.05, 4.69) is 0 Å². The summed E-state index contributed by atoms with van der Waals surface area (Å²) >= 11 is 0. The first-order valence-electron chi connectivity index (χ1n) is 6.66. The molecule has 0 radical (unpaired) electrons. The van der Waals surface area contributed by atoms with E-state index in [0.717, 1.165) is 4.90 Å². The number of rotatable bonds is 4. The van der Waals surface area contributed by atoms with E-state index in [9.17, 15) is 9.59 Å². The molecule has 1 aliphatic heterocycles. The Hall–Kier alpha value is -3.08. The van der Waals surface area contributed by atoms with Crippen LogP contribution in [-0.2, 0) is 9.59 Å². The molecule has 0 aliphatic carbocycles. The predicted octanol–water partition coefficient (Wildman–Crippen LogP) is 2.53. The molecule has 1 aliphatic rings. The number of methoxy groups -OCH3 is 1. The number of nitrogens with zero attached hydrogens (tertiary/aromatic N) is 1. The zero-order valence-electron chi connectivity index (χ0n) is 11.9. The normalized spacial score (nSPS) is 14.0. The maximum atomic E-state index is 12.3. The van der Waals surface area contributed by atoms with Crippen LogP contribution in [0.25, 0.3) is 0 Å². The van der Waals surface area contributed by atoms with Gasteiger partial charge in [0.2, 0.25) is 0 Å². The topological polar surface area (TPSA) is 55.8 Å². The van der Waals surface area contributed by atoms with Crippen LogP contribution in [0.5, 0.6) is 11.5 Å². The molecule has 0 aromatic heterocycles. The lowest BCUT2D eigenvalue weighted by Crippen LogP contribution is -2.31. The standard InChI is InChI=1S/C17H13NO4/c1-21-13-7-9-14(10-8-13)22-15-11-16(19)18(17(15)20)12-5-3-2-4-6-12/h2-11H,1H3. The smallest absolute Gasteiger partial charge is 0.301 e. The Morgan fingerprint density at radius 2 is 1.50 bits per heavy atom. The third-order valence-corrected chi connectivity index (χ3v) is 3.19. The molecule has 0 spiro atoms. The van der Waals surface area contributed by atoms with Crippen molar-refractivity contribution in [3.63, 3.8) is 0 Å². The summed E-state index contributed by atoms with van der Waals surface area (Å²) in [6.45, 7) is 0. The van der Waals surface area contributed by atoms with Crippen molar-refractivity contribution in [3.8, 4) is 11.5 Å². The summed E-state index contributed by atoms with van der Waals surface area (Å²) in [5.41, 5.74) is 0.516. The van der Waals surface area contributed by atoms with Crippen molar-refractivity contribution < 1.29 is 19.1 Å². The molecule has 2 aromatic carbocycles. The lowest BCUT2D eigenvalue weighted by atomic mass is 10.3. The first-order chi connectivity index (χ1) is 10.7. The summed E-state index contributed by atoms with van der Waals surface area (Å²) in [4.78, 5) is 25.4. The molecule has 0 saturated carbocycles. The number of benzene rings is 2. The van der Waals surface area contributed by atoms with Crippen LogP contribution >= 0.6 is 0 Å². The third-order valence-electron chi connectivity index (χ3n) is 3.19. The van der Waals surface area contributed by atoms with E-state index in [1.165, 1.54) is 6.08 Å². The minimum atomic E-state index is -0.480. The average Bonchev–Trinajstić information content (AvgIpc) is 2.83. The second-order valence-electron chi connectivity index (χ2n) is 4.60. The molecule has 22 heavy (non-hydrogen) atoms. The van der Waals surface area contributed by atoms with Crippen molar-refractivity contribution in [2.75, 3.05) is 12.0 Å². The highest BCUT2D eigenvalue weighted by Crippen LogP contribution is 2.25. The monoisotopic (exact) mass is 295 g/mol. The molecule has 0 N–H and O–H groups in total. The van der Waals surface area contributed by atoms with Gasteiger partial charge in [0.15, 0.2) is 5.76 Å². The van der Waals surface area contributed by atoms with E-state index in [0.29, 0.717) is 17.2 Å². The number of carbonyl (C=O) groups excluding carboxylic acids is 2. The average molecular weight is 295 g/mol. The van der Waals surface area contributed by atoms with E-state index in [1.54, 1.807) is 55.6 Å². The maximum Gasteiger partial charge on any atom is 0.301 e. The second-order valence-corrected chi connectivity index (χ2v) is 4.60. The molecule has 5 heteroatoms. The summed E-state index contributed by atoms with van der Waals surface area (Å²) in [5.74, 6) is 0.245. The number of hydrogen-bond acceptors (Lipinski definition) is 4. The quantitative estimate of drug-likeness (QED) is 0.813. The Labute approximate surface area is 127 Å². The Bertz CT molecular complexity index is 735. The molecule has 0 saturated heterocycles. The molecule has 110 valence electrons. The zero-order valence-corrected chi connectivity index (χ0v) is 11.9. The molecule has 0 atom stereocenters. The van der Waals surface area contributed by atoms with Crippen LogP contribution in [0, 0.1) is 0 Å². The Morgan fingerprint density at radius 3 is 2.14 bits per heavy atom. The van der Waals surface area contributed by atoms with Gasteiger partial charge >= 0.3 is 5.91 Å². The van der Waals surface area contributed by atoms with Gasteiger partial charge < -0.3 is 9.47 Å². The summed E-state index contributed by atoms with van der Waals surface area (Å²) in [6, 6.07) is 15.5. The second kappa shape index (κ2) is 5.73. The Kier molecular flexibility index (Phi) is 3.62. The van der Waals surface area contributed by atoms with Gasteiger partial charge in [-0.3, -0.25) is 9.59 Å². The number of carbonyl (C=O) groups is 2. The highest BCUT2D eigenvalue weighted by atomic mass is 16.5. The Morgan fingerprint density at radius 1 is 0.864 bits per heavy atom. The van der Waals surface area contributed by atoms with E-state index in [1.807, 2.05) is 6.07 Å². The van der Waals surface area contributed by atoms with Gasteiger partial charge in [0.1, 0.15) is 11.5 Å². The van der Waals surface area contributed by atoms with Crippen molar-refractivity contribution in [2.45, 2.75) is 0 Å². The van der Waals surface area contributed by atoms with Crippen LogP contribution in [0.1, 0.15) is 0 Å². The molecular formula is C17H13NO4. The first kappa shape index (κ1) is 13.9. The summed E-state index contributed by atoms with van der Waals surface area (Å²) in [6.07, 6.45) is 1.19. The third kappa shape index (κ3) is 2.56. The number of imide groups is 1. The summed E-state index contributed by atoms with van der Waals surface area (Å²) in [7, 11) is 1.56. The molecule has 0 fully saturated rings. The van der Waals surface area contributed by atoms with E-state index < -0.39 is 11.8 Å². The van der Waals surface area contributed by atoms with Gasteiger partial charge in [-0.25, -0.2) is 4.90 Å². The molecule has 2 aromatic rings. The van der Waals surface area contributed by atoms with Gasteiger partial charge in [-0.2, -0.15) is 0 Å². The molecular weight excluding hydrogens is 282 g/mol. The van der Waals surface area contributed by atoms with Crippen LogP contribution in [-0.4, -0.2) is 18.9 Å². The first-order valence-corrected chi connectivity index (χ1v) is 6.66. The van der Waals surface area contributed by atoms with Crippen LogP contribution in [0.4, 0.5) is 5.69 Å². The van der Waals surface area contributed by atoms with Crippen LogP contribution in [0.15, 0.2) is 66.4 Å². The predicted molar refractivity (Wildman–Crippen MR) is 80.6 cm³/mol.